The van der Waals surface area contributed by atoms with Crippen LogP contribution in [0.3, 0.4) is 0 Å². The van der Waals surface area contributed by atoms with Crippen molar-refractivity contribution in [2.75, 3.05) is 6.54 Å². The molecule has 1 aliphatic heterocycles. The van der Waals surface area contributed by atoms with Gasteiger partial charge in [-0.25, -0.2) is 4.79 Å². The minimum Gasteiger partial charge on any atom is -0.351 e. The van der Waals surface area contributed by atoms with E-state index >= 15 is 0 Å². The number of nitrogens with zero attached hydrogens (tertiary/aromatic N) is 1. The molecule has 3 unspecified atom stereocenters. The molecule has 3 rings (SSSR count). The summed E-state index contributed by atoms with van der Waals surface area (Å²) in [5.41, 5.74) is 8.84. The number of rotatable bonds is 7. The van der Waals surface area contributed by atoms with Crippen LogP contribution in [0.1, 0.15) is 103 Å². The van der Waals surface area contributed by atoms with Crippen LogP contribution in [0.2, 0.25) is 0 Å². The lowest BCUT2D eigenvalue weighted by atomic mass is 9.55. The summed E-state index contributed by atoms with van der Waals surface area (Å²) in [5.74, 6) is 1.10. The molecule has 0 spiro atoms. The molecule has 168 valence electrons. The smallest absolute Gasteiger partial charge is 0.315 e. The van der Waals surface area contributed by atoms with Crippen molar-refractivity contribution >= 4 is 6.03 Å². The number of unbranched alkanes of at least 4 members (excludes halogenated alkanes) is 1. The van der Waals surface area contributed by atoms with Gasteiger partial charge in [0.15, 0.2) is 0 Å². The first-order chi connectivity index (χ1) is 14.4. The number of urea groups is 1. The van der Waals surface area contributed by atoms with E-state index in [4.69, 9.17) is 5.73 Å². The summed E-state index contributed by atoms with van der Waals surface area (Å²) < 4.78 is 0. The Morgan fingerprint density at radius 1 is 1.17 bits per heavy atom. The Balaban J connectivity index is 2.09. The molecule has 1 heterocycles. The number of amides is 2. The van der Waals surface area contributed by atoms with Gasteiger partial charge in [-0.15, -0.1) is 0 Å². The molecule has 30 heavy (non-hydrogen) atoms. The number of benzene rings is 1. The number of aryl methyl sites for hydroxylation is 1. The number of likely N-dealkylation sites (tertiary alicyclic amines) is 1. The van der Waals surface area contributed by atoms with Gasteiger partial charge in [0.2, 0.25) is 0 Å². The van der Waals surface area contributed by atoms with Crippen molar-refractivity contribution in [2.24, 2.45) is 17.6 Å². The van der Waals surface area contributed by atoms with E-state index in [2.05, 4.69) is 56.9 Å². The Hall–Kier alpha value is -1.51. The van der Waals surface area contributed by atoms with E-state index in [0.29, 0.717) is 11.8 Å². The Morgan fingerprint density at radius 2 is 1.83 bits per heavy atom. The highest BCUT2D eigenvalue weighted by atomic mass is 16.2. The molecule has 2 amide bonds. The average Bonchev–Trinajstić information content (AvgIpc) is 2.75. The molecule has 2 fully saturated rings. The summed E-state index contributed by atoms with van der Waals surface area (Å²) in [6.07, 6.45) is 13.3. The van der Waals surface area contributed by atoms with Crippen molar-refractivity contribution in [2.45, 2.75) is 109 Å². The van der Waals surface area contributed by atoms with Crippen LogP contribution in [0.4, 0.5) is 4.79 Å². The third kappa shape index (κ3) is 4.41. The number of hydrogen-bond donors (Lipinski definition) is 1. The Labute approximate surface area is 184 Å². The molecule has 1 saturated heterocycles. The standard InChI is InChI=1S/C27H44N2O/c1-5-7-11-22(6-2)27(24-12-9-8-10-13-24)20-26(4,18-19-29(27)25(28)30)23-16-14-21(3)15-17-23/h14-17,22,24H,5-13,18-20H2,1-4H3,(H2,28,30). The number of carbonyl (C=O) groups excluding carboxylic acids is 1. The minimum atomic E-state index is -0.193. The van der Waals surface area contributed by atoms with Crippen LogP contribution < -0.4 is 5.73 Å². The molecule has 0 bridgehead atoms. The molecular weight excluding hydrogens is 368 g/mol. The Morgan fingerprint density at radius 3 is 2.40 bits per heavy atom. The fraction of sp³-hybridized carbons (Fsp3) is 0.741. The molecule has 3 nitrogen and oxygen atoms in total. The van der Waals surface area contributed by atoms with Gasteiger partial charge in [0.05, 0.1) is 5.54 Å². The minimum absolute atomic E-state index is 0.0940. The van der Waals surface area contributed by atoms with Gasteiger partial charge in [-0.1, -0.05) is 89.1 Å². The van der Waals surface area contributed by atoms with Crippen LogP contribution in [-0.2, 0) is 5.41 Å². The molecule has 1 aliphatic carbocycles. The highest BCUT2D eigenvalue weighted by Crippen LogP contribution is 2.54. The summed E-state index contributed by atoms with van der Waals surface area (Å²) in [6.45, 7) is 10.0. The molecule has 0 radical (unpaired) electrons. The van der Waals surface area contributed by atoms with Gasteiger partial charge in [-0.3, -0.25) is 0 Å². The van der Waals surface area contributed by atoms with Gasteiger partial charge in [-0.05, 0) is 61.8 Å². The molecule has 0 aromatic heterocycles. The molecule has 3 atom stereocenters. The maximum absolute atomic E-state index is 12.8. The lowest BCUT2D eigenvalue weighted by molar-refractivity contribution is -0.0588. The molecule has 1 saturated carbocycles. The predicted molar refractivity (Wildman–Crippen MR) is 127 cm³/mol. The van der Waals surface area contributed by atoms with Crippen molar-refractivity contribution in [3.8, 4) is 0 Å². The quantitative estimate of drug-likeness (QED) is 0.517. The largest absolute Gasteiger partial charge is 0.351 e. The molecule has 2 aliphatic rings. The summed E-state index contributed by atoms with van der Waals surface area (Å²) in [4.78, 5) is 15.0. The van der Waals surface area contributed by atoms with Crippen LogP contribution in [0.25, 0.3) is 0 Å². The lowest BCUT2D eigenvalue weighted by Gasteiger charge is -2.60. The number of primary amides is 1. The van der Waals surface area contributed by atoms with Gasteiger partial charge in [0.25, 0.3) is 0 Å². The molecule has 1 aromatic rings. The zero-order chi connectivity index (χ0) is 21.8. The van der Waals surface area contributed by atoms with E-state index in [0.717, 1.165) is 25.8 Å². The topological polar surface area (TPSA) is 46.3 Å². The van der Waals surface area contributed by atoms with Crippen molar-refractivity contribution < 1.29 is 4.79 Å². The van der Waals surface area contributed by atoms with E-state index in [1.165, 1.54) is 62.5 Å². The van der Waals surface area contributed by atoms with Crippen molar-refractivity contribution in [3.05, 3.63) is 35.4 Å². The number of hydrogen-bond acceptors (Lipinski definition) is 1. The fourth-order valence-corrected chi connectivity index (χ4v) is 6.82. The van der Waals surface area contributed by atoms with Crippen molar-refractivity contribution in [1.82, 2.24) is 4.90 Å². The van der Waals surface area contributed by atoms with Crippen LogP contribution in [0.5, 0.6) is 0 Å². The number of nitrogens with two attached hydrogens (primary N) is 1. The Kier molecular flexibility index (Phi) is 7.52. The summed E-state index contributed by atoms with van der Waals surface area (Å²) >= 11 is 0. The Bertz CT molecular complexity index is 693. The van der Waals surface area contributed by atoms with Gasteiger partial charge in [-0.2, -0.15) is 0 Å². The SMILES string of the molecule is CCCCC(CC)C1(C2CCCCC2)CC(C)(c2ccc(C)cc2)CCN1C(N)=O. The van der Waals surface area contributed by atoms with E-state index in [-0.39, 0.29) is 17.0 Å². The highest BCUT2D eigenvalue weighted by molar-refractivity contribution is 5.73. The zero-order valence-corrected chi connectivity index (χ0v) is 19.9. The first-order valence-corrected chi connectivity index (χ1v) is 12.5. The first kappa shape index (κ1) is 23.2. The van der Waals surface area contributed by atoms with Gasteiger partial charge in [0.1, 0.15) is 0 Å². The second-order valence-corrected chi connectivity index (χ2v) is 10.4. The molecule has 1 aromatic carbocycles. The van der Waals surface area contributed by atoms with Gasteiger partial charge < -0.3 is 10.6 Å². The highest BCUT2D eigenvalue weighted by Gasteiger charge is 2.56. The summed E-state index contributed by atoms with van der Waals surface area (Å²) in [5, 5.41) is 0. The fourth-order valence-electron chi connectivity index (χ4n) is 6.82. The lowest BCUT2D eigenvalue weighted by Crippen LogP contribution is -2.67. The van der Waals surface area contributed by atoms with Crippen LogP contribution in [-0.4, -0.2) is 23.0 Å². The summed E-state index contributed by atoms with van der Waals surface area (Å²) in [7, 11) is 0. The van der Waals surface area contributed by atoms with E-state index in [1.54, 1.807) is 0 Å². The van der Waals surface area contributed by atoms with Gasteiger partial charge >= 0.3 is 6.03 Å². The maximum atomic E-state index is 12.8. The molecule has 2 N–H and O–H groups in total. The second-order valence-electron chi connectivity index (χ2n) is 10.4. The van der Waals surface area contributed by atoms with Crippen LogP contribution in [0, 0.1) is 18.8 Å². The van der Waals surface area contributed by atoms with E-state index in [1.807, 2.05) is 0 Å². The van der Waals surface area contributed by atoms with Gasteiger partial charge in [0, 0.05) is 6.54 Å². The van der Waals surface area contributed by atoms with Crippen molar-refractivity contribution in [1.29, 1.82) is 0 Å². The number of piperidine rings is 1. The van der Waals surface area contributed by atoms with Crippen LogP contribution in [0.15, 0.2) is 24.3 Å². The van der Waals surface area contributed by atoms with E-state index < -0.39 is 0 Å². The first-order valence-electron chi connectivity index (χ1n) is 12.5. The third-order valence-electron chi connectivity index (χ3n) is 8.50. The molecular formula is C27H44N2O. The van der Waals surface area contributed by atoms with E-state index in [9.17, 15) is 4.79 Å². The normalized spacial score (nSPS) is 29.0. The monoisotopic (exact) mass is 412 g/mol. The van der Waals surface area contributed by atoms with Crippen molar-refractivity contribution in [3.63, 3.8) is 0 Å². The van der Waals surface area contributed by atoms with Crippen LogP contribution >= 0.6 is 0 Å². The zero-order valence-electron chi connectivity index (χ0n) is 19.9. The predicted octanol–water partition coefficient (Wildman–Crippen LogP) is 6.96. The summed E-state index contributed by atoms with van der Waals surface area (Å²) in [6, 6.07) is 8.96. The third-order valence-corrected chi connectivity index (χ3v) is 8.50. The maximum Gasteiger partial charge on any atom is 0.315 e. The number of carbonyl (C=O) groups is 1. The average molecular weight is 413 g/mol. The molecule has 3 heteroatoms. The second kappa shape index (κ2) is 9.75.